The minimum Gasteiger partial charge on any atom is -0.502 e. The van der Waals surface area contributed by atoms with Crippen molar-refractivity contribution in [1.29, 1.82) is 0 Å². The van der Waals surface area contributed by atoms with Crippen LogP contribution >= 0.6 is 0 Å². The average molecular weight is 342 g/mol. The first kappa shape index (κ1) is 16.8. The molecular weight excluding hydrogens is 324 g/mol. The van der Waals surface area contributed by atoms with Crippen LogP contribution in [0.25, 0.3) is 0 Å². The Hall–Kier alpha value is -3.09. The number of phenolic OH excluding ortho intramolecular Hbond substituents is 1. The molecule has 0 spiro atoms. The summed E-state index contributed by atoms with van der Waals surface area (Å²) in [5, 5.41) is 20.6. The topological polar surface area (TPSA) is 92.9 Å². The van der Waals surface area contributed by atoms with E-state index in [1.165, 1.54) is 6.07 Å². The fraction of sp³-hybridized carbons (Fsp3) is 0.278. The SMILES string of the molecule is COc1cccc(C2CCCN2C(=O)c2ccc([N+](=O)[O-])c(O)c2)c1. The molecule has 1 N–H and O–H groups in total. The molecule has 1 fully saturated rings. The smallest absolute Gasteiger partial charge is 0.310 e. The minimum absolute atomic E-state index is 0.0834. The number of phenols is 1. The molecule has 1 aliphatic rings. The van der Waals surface area contributed by atoms with Crippen LogP contribution in [0.5, 0.6) is 11.5 Å². The van der Waals surface area contributed by atoms with Gasteiger partial charge in [0, 0.05) is 18.2 Å². The van der Waals surface area contributed by atoms with E-state index in [-0.39, 0.29) is 17.5 Å². The fourth-order valence-electron chi connectivity index (χ4n) is 3.18. The number of methoxy groups -OCH3 is 1. The van der Waals surface area contributed by atoms with Crippen molar-refractivity contribution in [2.24, 2.45) is 0 Å². The molecule has 0 bridgehead atoms. The Morgan fingerprint density at radius 1 is 1.32 bits per heavy atom. The van der Waals surface area contributed by atoms with Crippen LogP contribution in [0.1, 0.15) is 34.8 Å². The molecule has 1 saturated heterocycles. The van der Waals surface area contributed by atoms with Gasteiger partial charge < -0.3 is 14.7 Å². The maximum Gasteiger partial charge on any atom is 0.310 e. The second-order valence-corrected chi connectivity index (χ2v) is 5.89. The Labute approximate surface area is 144 Å². The number of nitro groups is 1. The molecule has 7 heteroatoms. The first-order valence-electron chi connectivity index (χ1n) is 7.93. The van der Waals surface area contributed by atoms with E-state index in [1.54, 1.807) is 12.0 Å². The second-order valence-electron chi connectivity index (χ2n) is 5.89. The number of carbonyl (C=O) groups is 1. The van der Waals surface area contributed by atoms with Crippen molar-refractivity contribution in [1.82, 2.24) is 4.90 Å². The minimum atomic E-state index is -0.682. The Balaban J connectivity index is 1.88. The number of hydrogen-bond acceptors (Lipinski definition) is 5. The van der Waals surface area contributed by atoms with Crippen LogP contribution in [-0.2, 0) is 0 Å². The van der Waals surface area contributed by atoms with Crippen LogP contribution in [0.2, 0.25) is 0 Å². The van der Waals surface area contributed by atoms with Crippen LogP contribution in [0.4, 0.5) is 5.69 Å². The van der Waals surface area contributed by atoms with Crippen molar-refractivity contribution < 1.29 is 19.6 Å². The van der Waals surface area contributed by atoms with E-state index in [2.05, 4.69) is 0 Å². The van der Waals surface area contributed by atoms with E-state index in [1.807, 2.05) is 24.3 Å². The third-order valence-electron chi connectivity index (χ3n) is 4.41. The number of hydrogen-bond donors (Lipinski definition) is 1. The van der Waals surface area contributed by atoms with Gasteiger partial charge in [0.05, 0.1) is 18.1 Å². The van der Waals surface area contributed by atoms with Gasteiger partial charge in [-0.15, -0.1) is 0 Å². The fourth-order valence-corrected chi connectivity index (χ4v) is 3.18. The van der Waals surface area contributed by atoms with Gasteiger partial charge in [-0.25, -0.2) is 0 Å². The van der Waals surface area contributed by atoms with Gasteiger partial charge in [-0.2, -0.15) is 0 Å². The predicted octanol–water partition coefficient (Wildman–Crippen LogP) is 3.29. The molecule has 0 saturated carbocycles. The lowest BCUT2D eigenvalue weighted by Gasteiger charge is -2.25. The van der Waals surface area contributed by atoms with Gasteiger partial charge in [0.15, 0.2) is 5.75 Å². The molecular formula is C18H18N2O5. The number of aromatic hydroxyl groups is 1. The number of benzene rings is 2. The highest BCUT2D eigenvalue weighted by Gasteiger charge is 2.31. The van der Waals surface area contributed by atoms with Crippen molar-refractivity contribution in [3.63, 3.8) is 0 Å². The molecule has 1 amide bonds. The molecule has 7 nitrogen and oxygen atoms in total. The Morgan fingerprint density at radius 3 is 2.80 bits per heavy atom. The summed E-state index contributed by atoms with van der Waals surface area (Å²) >= 11 is 0. The number of carbonyl (C=O) groups excluding carboxylic acids is 1. The third kappa shape index (κ3) is 3.26. The second kappa shape index (κ2) is 6.80. The van der Waals surface area contributed by atoms with Gasteiger partial charge in [-0.3, -0.25) is 14.9 Å². The number of rotatable bonds is 4. The number of nitrogens with zero attached hydrogens (tertiary/aromatic N) is 2. The molecule has 1 unspecified atom stereocenters. The lowest BCUT2D eigenvalue weighted by Crippen LogP contribution is -2.30. The zero-order chi connectivity index (χ0) is 18.0. The highest BCUT2D eigenvalue weighted by molar-refractivity contribution is 5.95. The number of amides is 1. The predicted molar refractivity (Wildman–Crippen MR) is 90.8 cm³/mol. The summed E-state index contributed by atoms with van der Waals surface area (Å²) in [4.78, 5) is 24.7. The van der Waals surface area contributed by atoms with Gasteiger partial charge in [0.1, 0.15) is 5.75 Å². The van der Waals surface area contributed by atoms with Crippen LogP contribution in [-0.4, -0.2) is 34.5 Å². The van der Waals surface area contributed by atoms with Gasteiger partial charge in [0.2, 0.25) is 0 Å². The zero-order valence-electron chi connectivity index (χ0n) is 13.7. The first-order valence-corrected chi connectivity index (χ1v) is 7.93. The van der Waals surface area contributed by atoms with Gasteiger partial charge in [0.25, 0.3) is 5.91 Å². The van der Waals surface area contributed by atoms with Crippen LogP contribution in [0, 0.1) is 10.1 Å². The van der Waals surface area contributed by atoms with E-state index in [0.29, 0.717) is 6.54 Å². The molecule has 0 aliphatic carbocycles. The molecule has 1 heterocycles. The van der Waals surface area contributed by atoms with Crippen LogP contribution < -0.4 is 4.74 Å². The summed E-state index contributed by atoms with van der Waals surface area (Å²) < 4.78 is 5.25. The maximum absolute atomic E-state index is 12.8. The monoisotopic (exact) mass is 342 g/mol. The number of nitro benzene ring substituents is 1. The van der Waals surface area contributed by atoms with Crippen molar-refractivity contribution in [3.05, 3.63) is 63.7 Å². The summed E-state index contributed by atoms with van der Waals surface area (Å²) in [5.41, 5.74) is 0.802. The van der Waals surface area contributed by atoms with Crippen LogP contribution in [0.15, 0.2) is 42.5 Å². The highest BCUT2D eigenvalue weighted by atomic mass is 16.6. The highest BCUT2D eigenvalue weighted by Crippen LogP contribution is 2.35. The molecule has 25 heavy (non-hydrogen) atoms. The van der Waals surface area contributed by atoms with Gasteiger partial charge >= 0.3 is 5.69 Å². The van der Waals surface area contributed by atoms with E-state index < -0.39 is 16.4 Å². The number of ether oxygens (including phenoxy) is 1. The lowest BCUT2D eigenvalue weighted by atomic mass is 10.0. The molecule has 1 aliphatic heterocycles. The lowest BCUT2D eigenvalue weighted by molar-refractivity contribution is -0.385. The van der Waals surface area contributed by atoms with Crippen LogP contribution in [0.3, 0.4) is 0 Å². The largest absolute Gasteiger partial charge is 0.502 e. The van der Waals surface area contributed by atoms with E-state index >= 15 is 0 Å². The maximum atomic E-state index is 12.8. The van der Waals surface area contributed by atoms with Gasteiger partial charge in [-0.05, 0) is 42.7 Å². The standard InChI is InChI=1S/C18H18N2O5/c1-25-14-5-2-4-12(10-14)15-6-3-9-19(15)18(22)13-7-8-16(20(23)24)17(21)11-13/h2,4-5,7-8,10-11,15,21H,3,6,9H2,1H3. The summed E-state index contributed by atoms with van der Waals surface area (Å²) in [6.07, 6.45) is 1.70. The van der Waals surface area contributed by atoms with Crippen molar-refractivity contribution in [3.8, 4) is 11.5 Å². The quantitative estimate of drug-likeness (QED) is 0.680. The van der Waals surface area contributed by atoms with E-state index in [0.717, 1.165) is 36.3 Å². The van der Waals surface area contributed by atoms with Crippen molar-refractivity contribution >= 4 is 11.6 Å². The summed E-state index contributed by atoms with van der Waals surface area (Å²) in [7, 11) is 1.59. The zero-order valence-corrected chi connectivity index (χ0v) is 13.7. The molecule has 0 aromatic heterocycles. The molecule has 3 rings (SSSR count). The average Bonchev–Trinajstić information content (AvgIpc) is 3.10. The Morgan fingerprint density at radius 2 is 2.12 bits per heavy atom. The summed E-state index contributed by atoms with van der Waals surface area (Å²) in [6, 6.07) is 11.2. The molecule has 1 atom stereocenters. The summed E-state index contributed by atoms with van der Waals surface area (Å²) in [6.45, 7) is 0.596. The normalized spacial score (nSPS) is 16.7. The van der Waals surface area contributed by atoms with Gasteiger partial charge in [-0.1, -0.05) is 12.1 Å². The van der Waals surface area contributed by atoms with E-state index in [4.69, 9.17) is 4.74 Å². The summed E-state index contributed by atoms with van der Waals surface area (Å²) in [5.74, 6) is -0.0340. The first-order chi connectivity index (χ1) is 12.0. The molecule has 130 valence electrons. The Bertz CT molecular complexity index is 821. The molecule has 2 aromatic rings. The Kier molecular flexibility index (Phi) is 4.56. The number of likely N-dealkylation sites (tertiary alicyclic amines) is 1. The van der Waals surface area contributed by atoms with Crippen molar-refractivity contribution in [2.45, 2.75) is 18.9 Å². The van der Waals surface area contributed by atoms with Crippen molar-refractivity contribution in [2.75, 3.05) is 13.7 Å². The molecule has 0 radical (unpaired) electrons. The molecule has 2 aromatic carbocycles. The third-order valence-corrected chi connectivity index (χ3v) is 4.41. The van der Waals surface area contributed by atoms with E-state index in [9.17, 15) is 20.0 Å².